The van der Waals surface area contributed by atoms with Crippen LogP contribution >= 0.6 is 0 Å². The van der Waals surface area contributed by atoms with Crippen LogP contribution in [-0.4, -0.2) is 67.1 Å². The van der Waals surface area contributed by atoms with E-state index in [4.69, 9.17) is 13.6 Å². The van der Waals surface area contributed by atoms with Crippen LogP contribution in [0.3, 0.4) is 0 Å². The summed E-state index contributed by atoms with van der Waals surface area (Å²) in [6.45, 7) is 26.5. The van der Waals surface area contributed by atoms with E-state index in [1.54, 1.807) is 0 Å². The van der Waals surface area contributed by atoms with Crippen LogP contribution in [0.4, 0.5) is 8.78 Å². The van der Waals surface area contributed by atoms with Crippen molar-refractivity contribution in [3.05, 3.63) is 53.4 Å². The van der Waals surface area contributed by atoms with Crippen LogP contribution in [0, 0.1) is 24.7 Å². The summed E-state index contributed by atoms with van der Waals surface area (Å²) in [7, 11) is -4.50. The standard InChI is InChI=1S/C36H58F2N4O3Si2/c1-23-14-13-15-25(20-23)24(2)28(44-46(9,10)33(3,4)5)17-16-27-29(45-47(11,12)34(6,7)8)22-30-32(27)36(37,38)35(43-30)19-18-26(35)21-31-39-41-42-40-31/h13-17,20,24,26-30,32H,18-19,21-22H2,1-12H3,(H,39,40,41,42)/b17-16+/t24?,26?,27-,28+,29+,30-,32+,35?/m0/s1. The summed E-state index contributed by atoms with van der Waals surface area (Å²) in [6, 6.07) is 8.53. The van der Waals surface area contributed by atoms with E-state index in [1.807, 2.05) is 6.08 Å². The highest BCUT2D eigenvalue weighted by Gasteiger charge is 2.77. The minimum absolute atomic E-state index is 0.00547. The number of ether oxygens (including phenoxy) is 1. The Bertz CT molecular complexity index is 1420. The maximum atomic E-state index is 17.1. The molecule has 47 heavy (non-hydrogen) atoms. The highest BCUT2D eigenvalue weighted by molar-refractivity contribution is 6.74. The fourth-order valence-corrected chi connectivity index (χ4v) is 10.0. The smallest absolute Gasteiger partial charge is 0.282 e. The van der Waals surface area contributed by atoms with Crippen LogP contribution in [0.1, 0.15) is 90.6 Å². The first-order valence-corrected chi connectivity index (χ1v) is 23.3. The summed E-state index contributed by atoms with van der Waals surface area (Å²) in [6.07, 6.45) is 4.69. The van der Waals surface area contributed by atoms with E-state index in [0.29, 0.717) is 31.5 Å². The molecule has 1 aromatic heterocycles. The quantitative estimate of drug-likeness (QED) is 0.198. The first-order valence-electron chi connectivity index (χ1n) is 17.5. The first-order chi connectivity index (χ1) is 21.6. The summed E-state index contributed by atoms with van der Waals surface area (Å²) < 4.78 is 54.8. The second-order valence-electron chi connectivity index (χ2n) is 17.6. The number of H-pyrrole nitrogens is 1. The van der Waals surface area contributed by atoms with Crippen molar-refractivity contribution in [3.8, 4) is 0 Å². The summed E-state index contributed by atoms with van der Waals surface area (Å²) >= 11 is 0. The summed E-state index contributed by atoms with van der Waals surface area (Å²) in [4.78, 5) is 0. The van der Waals surface area contributed by atoms with E-state index in [0.717, 1.165) is 0 Å². The molecule has 0 bridgehead atoms. The highest BCUT2D eigenvalue weighted by atomic mass is 28.4. The number of alkyl halides is 2. The molecule has 1 aliphatic heterocycles. The predicted octanol–water partition coefficient (Wildman–Crippen LogP) is 9.01. The van der Waals surface area contributed by atoms with Crippen LogP contribution in [-0.2, 0) is 20.0 Å². The summed E-state index contributed by atoms with van der Waals surface area (Å²) in [5.74, 6) is -4.40. The average Bonchev–Trinajstić information content (AvgIpc) is 3.63. The van der Waals surface area contributed by atoms with E-state index < -0.39 is 46.1 Å². The maximum Gasteiger partial charge on any atom is 0.282 e. The fourth-order valence-electron chi connectivity index (χ4n) is 7.33. The lowest BCUT2D eigenvalue weighted by Gasteiger charge is -2.50. The third-order valence-electron chi connectivity index (χ3n) is 12.5. The van der Waals surface area contributed by atoms with Crippen molar-refractivity contribution in [2.75, 3.05) is 0 Å². The minimum atomic E-state index is -3.04. The Hall–Kier alpha value is -1.80. The Morgan fingerprint density at radius 2 is 1.77 bits per heavy atom. The lowest BCUT2D eigenvalue weighted by molar-refractivity contribution is -0.241. The molecular weight excluding hydrogens is 631 g/mol. The number of benzene rings is 1. The summed E-state index contributed by atoms with van der Waals surface area (Å²) in [5.41, 5.74) is 0.863. The number of fused-ring (bicyclic) bond motifs is 1. The number of hydrogen-bond donors (Lipinski definition) is 1. The van der Waals surface area contributed by atoms with Crippen LogP contribution in [0.25, 0.3) is 0 Å². The Balaban J connectivity index is 1.52. The van der Waals surface area contributed by atoms with Crippen molar-refractivity contribution in [2.24, 2.45) is 17.8 Å². The fraction of sp³-hybridized carbons (Fsp3) is 0.750. The van der Waals surface area contributed by atoms with Crippen molar-refractivity contribution >= 4 is 16.6 Å². The number of aromatic amines is 1. The molecule has 2 aromatic rings. The molecule has 1 spiro atoms. The topological polar surface area (TPSA) is 82.2 Å². The van der Waals surface area contributed by atoms with Gasteiger partial charge in [-0.1, -0.05) is 95.7 Å². The van der Waals surface area contributed by atoms with Gasteiger partial charge in [0.2, 0.25) is 0 Å². The number of halogens is 2. The monoisotopic (exact) mass is 688 g/mol. The maximum absolute atomic E-state index is 17.1. The lowest BCUT2D eigenvalue weighted by atomic mass is 9.62. The molecule has 3 unspecified atom stereocenters. The number of aromatic nitrogens is 4. The second kappa shape index (κ2) is 12.5. The van der Waals surface area contributed by atoms with Crippen LogP contribution < -0.4 is 0 Å². The largest absolute Gasteiger partial charge is 0.413 e. The average molecular weight is 689 g/mol. The lowest BCUT2D eigenvalue weighted by Crippen LogP contribution is -2.61. The molecule has 8 atom stereocenters. The molecule has 7 nitrogen and oxygen atoms in total. The molecule has 1 aromatic carbocycles. The molecule has 2 aliphatic carbocycles. The van der Waals surface area contributed by atoms with Crippen molar-refractivity contribution in [1.29, 1.82) is 0 Å². The number of tetrazole rings is 1. The molecule has 0 radical (unpaired) electrons. The number of aryl methyl sites for hydroxylation is 1. The van der Waals surface area contributed by atoms with Gasteiger partial charge in [0.15, 0.2) is 22.5 Å². The summed E-state index contributed by atoms with van der Waals surface area (Å²) in [5, 5.41) is 14.2. The molecule has 1 N–H and O–H groups in total. The minimum Gasteiger partial charge on any atom is -0.413 e. The van der Waals surface area contributed by atoms with E-state index in [-0.39, 0.29) is 34.1 Å². The van der Waals surface area contributed by atoms with Crippen LogP contribution in [0.2, 0.25) is 36.3 Å². The highest BCUT2D eigenvalue weighted by Crippen LogP contribution is 2.66. The van der Waals surface area contributed by atoms with E-state index in [1.165, 1.54) is 11.1 Å². The zero-order chi connectivity index (χ0) is 34.8. The Kier molecular flexibility index (Phi) is 9.71. The normalized spacial score (nSPS) is 30.9. The predicted molar refractivity (Wildman–Crippen MR) is 188 cm³/mol. The molecule has 2 heterocycles. The van der Waals surface area contributed by atoms with Crippen molar-refractivity contribution in [3.63, 3.8) is 0 Å². The number of nitrogens with zero attached hydrogens (tertiary/aromatic N) is 3. The van der Waals surface area contributed by atoms with Crippen molar-refractivity contribution in [2.45, 2.75) is 153 Å². The molecule has 3 aliphatic rings. The van der Waals surface area contributed by atoms with E-state index in [2.05, 4.69) is 133 Å². The number of rotatable bonds is 10. The molecule has 1 saturated heterocycles. The Morgan fingerprint density at radius 1 is 1.09 bits per heavy atom. The van der Waals surface area contributed by atoms with Gasteiger partial charge in [0.25, 0.3) is 5.92 Å². The van der Waals surface area contributed by atoms with Gasteiger partial charge in [-0.25, -0.2) is 8.78 Å². The third kappa shape index (κ3) is 6.72. The van der Waals surface area contributed by atoms with Gasteiger partial charge in [0, 0.05) is 24.2 Å². The van der Waals surface area contributed by atoms with Crippen molar-refractivity contribution < 1.29 is 22.4 Å². The van der Waals surface area contributed by atoms with E-state index in [9.17, 15) is 0 Å². The molecular formula is C36H58F2N4O3Si2. The molecule has 2 saturated carbocycles. The molecule has 3 fully saturated rings. The van der Waals surface area contributed by atoms with E-state index >= 15 is 8.78 Å². The number of nitrogens with one attached hydrogen (secondary N) is 1. The van der Waals surface area contributed by atoms with Gasteiger partial charge in [0.05, 0.1) is 24.2 Å². The third-order valence-corrected chi connectivity index (χ3v) is 21.4. The van der Waals surface area contributed by atoms with Gasteiger partial charge in [-0.05, 0) is 68.0 Å². The number of hydrogen-bond acceptors (Lipinski definition) is 6. The SMILES string of the molecule is Cc1cccc(C(C)[C@@H](/C=C/[C@@H]2[C@@H]3[C@H](C[C@H]2O[Si](C)(C)C(C)(C)C)OC2(CCC2Cc2nn[nH]n2)C3(F)F)O[Si](C)(C)C(C)(C)C)c1. The van der Waals surface area contributed by atoms with Crippen molar-refractivity contribution in [1.82, 2.24) is 20.6 Å². The van der Waals surface area contributed by atoms with Gasteiger partial charge in [-0.2, -0.15) is 5.21 Å². The molecule has 0 amide bonds. The van der Waals surface area contributed by atoms with Gasteiger partial charge < -0.3 is 13.6 Å². The van der Waals surface area contributed by atoms with Gasteiger partial charge in [0.1, 0.15) is 5.60 Å². The first kappa shape index (κ1) is 36.5. The zero-order valence-corrected chi connectivity index (χ0v) is 32.7. The van der Waals surface area contributed by atoms with Gasteiger partial charge in [-0.3, -0.25) is 0 Å². The zero-order valence-electron chi connectivity index (χ0n) is 30.7. The molecule has 262 valence electrons. The van der Waals surface area contributed by atoms with Crippen LogP contribution in [0.15, 0.2) is 36.4 Å². The van der Waals surface area contributed by atoms with Gasteiger partial charge in [-0.15, -0.1) is 10.2 Å². The Morgan fingerprint density at radius 3 is 2.32 bits per heavy atom. The molecule has 11 heteroatoms. The second-order valence-corrected chi connectivity index (χ2v) is 27.1. The Labute approximate surface area is 283 Å². The van der Waals surface area contributed by atoms with Gasteiger partial charge >= 0.3 is 0 Å². The van der Waals surface area contributed by atoms with Crippen LogP contribution in [0.5, 0.6) is 0 Å². The molecule has 5 rings (SSSR count).